The maximum atomic E-state index is 5.35. The second kappa shape index (κ2) is 6.03. The normalized spacial score (nSPS) is 11.1. The van der Waals surface area contributed by atoms with Gasteiger partial charge >= 0.3 is 0 Å². The smallest absolute Gasteiger partial charge is 0.225 e. The van der Waals surface area contributed by atoms with Gasteiger partial charge in [-0.05, 0) is 26.7 Å². The van der Waals surface area contributed by atoms with Crippen LogP contribution in [0.4, 0.5) is 5.95 Å². The van der Waals surface area contributed by atoms with E-state index in [2.05, 4.69) is 42.7 Å². The Balaban J connectivity index is 2.48. The SMILES string of the molecule is CCN(CC)c1ncc(-c2cc(C)no2)c(C(C)C)n1. The highest BCUT2D eigenvalue weighted by Crippen LogP contribution is 2.29. The fourth-order valence-electron chi connectivity index (χ4n) is 2.16. The lowest BCUT2D eigenvalue weighted by atomic mass is 10.0. The molecule has 0 fully saturated rings. The molecule has 0 amide bonds. The summed E-state index contributed by atoms with van der Waals surface area (Å²) in [4.78, 5) is 11.3. The van der Waals surface area contributed by atoms with E-state index in [-0.39, 0.29) is 0 Å². The molecule has 2 aromatic heterocycles. The lowest BCUT2D eigenvalue weighted by Crippen LogP contribution is -2.24. The number of aromatic nitrogens is 3. The van der Waals surface area contributed by atoms with Gasteiger partial charge in [0.15, 0.2) is 5.76 Å². The number of rotatable bonds is 5. The third-order valence-electron chi connectivity index (χ3n) is 3.29. The molecule has 108 valence electrons. The number of anilines is 1. The Hall–Kier alpha value is -1.91. The van der Waals surface area contributed by atoms with Crippen LogP contribution in [0.25, 0.3) is 11.3 Å². The average Bonchev–Trinajstić information content (AvgIpc) is 2.86. The van der Waals surface area contributed by atoms with Gasteiger partial charge < -0.3 is 9.42 Å². The molecule has 0 aliphatic carbocycles. The fraction of sp³-hybridized carbons (Fsp3) is 0.533. The van der Waals surface area contributed by atoms with Gasteiger partial charge in [-0.1, -0.05) is 19.0 Å². The van der Waals surface area contributed by atoms with E-state index in [1.165, 1.54) is 0 Å². The molecule has 5 heteroatoms. The first kappa shape index (κ1) is 14.5. The van der Waals surface area contributed by atoms with Crippen molar-refractivity contribution in [3.8, 4) is 11.3 Å². The summed E-state index contributed by atoms with van der Waals surface area (Å²) in [6.45, 7) is 12.2. The summed E-state index contributed by atoms with van der Waals surface area (Å²) < 4.78 is 5.35. The quantitative estimate of drug-likeness (QED) is 0.836. The Labute approximate surface area is 120 Å². The second-order valence-corrected chi connectivity index (χ2v) is 5.13. The van der Waals surface area contributed by atoms with Crippen molar-refractivity contribution < 1.29 is 4.52 Å². The van der Waals surface area contributed by atoms with Crippen molar-refractivity contribution in [2.75, 3.05) is 18.0 Å². The van der Waals surface area contributed by atoms with Crippen molar-refractivity contribution in [3.63, 3.8) is 0 Å². The Morgan fingerprint density at radius 3 is 2.45 bits per heavy atom. The van der Waals surface area contributed by atoms with E-state index in [4.69, 9.17) is 9.51 Å². The fourth-order valence-corrected chi connectivity index (χ4v) is 2.16. The van der Waals surface area contributed by atoms with Crippen LogP contribution in [-0.4, -0.2) is 28.2 Å². The van der Waals surface area contributed by atoms with E-state index in [0.717, 1.165) is 41.7 Å². The van der Waals surface area contributed by atoms with Crippen LogP contribution in [0.1, 0.15) is 45.0 Å². The minimum absolute atomic E-state index is 0.299. The number of nitrogens with zero attached hydrogens (tertiary/aromatic N) is 4. The lowest BCUT2D eigenvalue weighted by molar-refractivity contribution is 0.426. The van der Waals surface area contributed by atoms with Gasteiger partial charge in [-0.2, -0.15) is 0 Å². The summed E-state index contributed by atoms with van der Waals surface area (Å²) in [5.74, 6) is 1.81. The molecule has 0 unspecified atom stereocenters. The van der Waals surface area contributed by atoms with Gasteiger partial charge in [-0.15, -0.1) is 0 Å². The number of hydrogen-bond acceptors (Lipinski definition) is 5. The van der Waals surface area contributed by atoms with Crippen molar-refractivity contribution >= 4 is 5.95 Å². The standard InChI is InChI=1S/C15H22N4O/c1-6-19(7-2)15-16-9-12(14(17-15)10(3)4)13-8-11(5)18-20-13/h8-10H,6-7H2,1-5H3. The van der Waals surface area contributed by atoms with Gasteiger partial charge in [0, 0.05) is 25.4 Å². The highest BCUT2D eigenvalue weighted by molar-refractivity contribution is 5.61. The van der Waals surface area contributed by atoms with Gasteiger partial charge in [0.2, 0.25) is 5.95 Å². The molecule has 2 heterocycles. The molecule has 0 N–H and O–H groups in total. The minimum atomic E-state index is 0.299. The predicted octanol–water partition coefficient (Wildman–Crippen LogP) is 3.41. The summed E-state index contributed by atoms with van der Waals surface area (Å²) in [5.41, 5.74) is 2.79. The largest absolute Gasteiger partial charge is 0.356 e. The molecule has 0 radical (unpaired) electrons. The van der Waals surface area contributed by atoms with Gasteiger partial charge in [-0.25, -0.2) is 9.97 Å². The monoisotopic (exact) mass is 274 g/mol. The highest BCUT2D eigenvalue weighted by atomic mass is 16.5. The van der Waals surface area contributed by atoms with E-state index in [9.17, 15) is 0 Å². The number of aryl methyl sites for hydroxylation is 1. The zero-order valence-corrected chi connectivity index (χ0v) is 12.8. The van der Waals surface area contributed by atoms with Crippen molar-refractivity contribution in [3.05, 3.63) is 23.7 Å². The van der Waals surface area contributed by atoms with Crippen LogP contribution in [0, 0.1) is 6.92 Å². The summed E-state index contributed by atoms with van der Waals surface area (Å²) in [5, 5.41) is 3.94. The molecule has 20 heavy (non-hydrogen) atoms. The Morgan fingerprint density at radius 2 is 1.95 bits per heavy atom. The lowest BCUT2D eigenvalue weighted by Gasteiger charge is -2.20. The van der Waals surface area contributed by atoms with Crippen LogP contribution >= 0.6 is 0 Å². The molecule has 0 saturated carbocycles. The maximum Gasteiger partial charge on any atom is 0.225 e. The van der Waals surface area contributed by atoms with E-state index < -0.39 is 0 Å². The third kappa shape index (κ3) is 2.81. The first-order valence-electron chi connectivity index (χ1n) is 7.12. The summed E-state index contributed by atoms with van der Waals surface area (Å²) in [6, 6.07) is 1.92. The van der Waals surface area contributed by atoms with E-state index in [1.54, 1.807) is 0 Å². The Bertz CT molecular complexity index is 573. The van der Waals surface area contributed by atoms with E-state index >= 15 is 0 Å². The van der Waals surface area contributed by atoms with Crippen molar-refractivity contribution in [2.24, 2.45) is 0 Å². The van der Waals surface area contributed by atoms with Crippen LogP contribution in [0.3, 0.4) is 0 Å². The predicted molar refractivity (Wildman–Crippen MR) is 79.9 cm³/mol. The molecule has 0 atom stereocenters. The first-order chi connectivity index (χ1) is 9.56. The minimum Gasteiger partial charge on any atom is -0.356 e. The summed E-state index contributed by atoms with van der Waals surface area (Å²) in [6.07, 6.45) is 1.84. The molecule has 0 bridgehead atoms. The molecule has 5 nitrogen and oxygen atoms in total. The zero-order valence-electron chi connectivity index (χ0n) is 12.8. The molecule has 2 rings (SSSR count). The van der Waals surface area contributed by atoms with Crippen LogP contribution < -0.4 is 4.90 Å². The van der Waals surface area contributed by atoms with Gasteiger partial charge in [0.25, 0.3) is 0 Å². The molecule has 0 aliphatic rings. The molecule has 0 aliphatic heterocycles. The Morgan fingerprint density at radius 1 is 1.25 bits per heavy atom. The summed E-state index contributed by atoms with van der Waals surface area (Å²) in [7, 11) is 0. The molecular weight excluding hydrogens is 252 g/mol. The summed E-state index contributed by atoms with van der Waals surface area (Å²) >= 11 is 0. The molecule has 0 aromatic carbocycles. The average molecular weight is 274 g/mol. The van der Waals surface area contributed by atoms with Crippen molar-refractivity contribution in [2.45, 2.75) is 40.5 Å². The molecule has 0 spiro atoms. The van der Waals surface area contributed by atoms with Crippen LogP contribution in [0.2, 0.25) is 0 Å². The van der Waals surface area contributed by atoms with E-state index in [1.807, 2.05) is 19.2 Å². The Kier molecular flexibility index (Phi) is 4.37. The second-order valence-electron chi connectivity index (χ2n) is 5.13. The maximum absolute atomic E-state index is 5.35. The molecular formula is C15H22N4O. The third-order valence-corrected chi connectivity index (χ3v) is 3.29. The van der Waals surface area contributed by atoms with Crippen LogP contribution in [0.15, 0.2) is 16.8 Å². The van der Waals surface area contributed by atoms with Gasteiger partial charge in [0.1, 0.15) is 0 Å². The van der Waals surface area contributed by atoms with Crippen LogP contribution in [0.5, 0.6) is 0 Å². The van der Waals surface area contributed by atoms with Crippen LogP contribution in [-0.2, 0) is 0 Å². The first-order valence-corrected chi connectivity index (χ1v) is 7.12. The molecule has 0 saturated heterocycles. The van der Waals surface area contributed by atoms with Gasteiger partial charge in [0.05, 0.1) is 17.0 Å². The van der Waals surface area contributed by atoms with Crippen molar-refractivity contribution in [1.82, 2.24) is 15.1 Å². The van der Waals surface area contributed by atoms with E-state index in [0.29, 0.717) is 5.92 Å². The molecule has 2 aromatic rings. The highest BCUT2D eigenvalue weighted by Gasteiger charge is 2.17. The number of hydrogen-bond donors (Lipinski definition) is 0. The topological polar surface area (TPSA) is 55.1 Å². The van der Waals surface area contributed by atoms with Gasteiger partial charge in [-0.3, -0.25) is 0 Å². The zero-order chi connectivity index (χ0) is 14.7. The van der Waals surface area contributed by atoms with Crippen molar-refractivity contribution in [1.29, 1.82) is 0 Å².